The van der Waals surface area contributed by atoms with Crippen LogP contribution < -0.4 is 0 Å². The van der Waals surface area contributed by atoms with Gasteiger partial charge in [0.05, 0.1) is 0 Å². The molecule has 1 aromatic rings. The number of fused-ring (bicyclic) bond motifs is 1. The second kappa shape index (κ2) is 3.78. The topological polar surface area (TPSA) is 30.0 Å². The van der Waals surface area contributed by atoms with Crippen LogP contribution in [0.25, 0.3) is 6.08 Å². The summed E-state index contributed by atoms with van der Waals surface area (Å²) in [6, 6.07) is 0. The summed E-state index contributed by atoms with van der Waals surface area (Å²) in [5.41, 5.74) is 4.30. The fourth-order valence-electron chi connectivity index (χ4n) is 1.92. The molecule has 0 atom stereocenters. The molecule has 1 aliphatic carbocycles. The van der Waals surface area contributed by atoms with Crippen molar-refractivity contribution in [2.45, 2.75) is 26.7 Å². The molecule has 0 unspecified atom stereocenters. The maximum Gasteiger partial charge on any atom is 0.253 e. The van der Waals surface area contributed by atoms with E-state index in [0.29, 0.717) is 5.56 Å². The Morgan fingerprint density at radius 3 is 2.87 bits per heavy atom. The molecule has 15 heavy (non-hydrogen) atoms. The minimum absolute atomic E-state index is 0.388. The summed E-state index contributed by atoms with van der Waals surface area (Å²) in [5, 5.41) is -0.388. The Morgan fingerprint density at radius 2 is 2.20 bits per heavy atom. The van der Waals surface area contributed by atoms with E-state index in [1.165, 1.54) is 0 Å². The number of carbonyl (C=O) groups is 1. The summed E-state index contributed by atoms with van der Waals surface area (Å²) < 4.78 is 0. The molecule has 0 spiro atoms. The normalized spacial score (nSPS) is 13.8. The van der Waals surface area contributed by atoms with E-state index in [2.05, 4.69) is 11.1 Å². The van der Waals surface area contributed by atoms with Crippen LogP contribution in [0.4, 0.5) is 0 Å². The minimum atomic E-state index is -0.388. The lowest BCUT2D eigenvalue weighted by molar-refractivity contribution is 0.108. The zero-order valence-corrected chi connectivity index (χ0v) is 9.56. The fraction of sp³-hybridized carbons (Fsp3) is 0.333. The summed E-state index contributed by atoms with van der Waals surface area (Å²) >= 11 is 5.62. The summed E-state index contributed by atoms with van der Waals surface area (Å²) in [4.78, 5) is 15.9. The van der Waals surface area contributed by atoms with Crippen molar-refractivity contribution in [3.05, 3.63) is 34.2 Å². The first-order chi connectivity index (χ1) is 7.11. The van der Waals surface area contributed by atoms with Gasteiger partial charge in [0.25, 0.3) is 5.24 Å². The van der Waals surface area contributed by atoms with Crippen molar-refractivity contribution in [3.8, 4) is 0 Å². The lowest BCUT2D eigenvalue weighted by Crippen LogP contribution is -2.09. The number of hydrogen-bond acceptors (Lipinski definition) is 2. The van der Waals surface area contributed by atoms with Crippen molar-refractivity contribution in [3.63, 3.8) is 0 Å². The van der Waals surface area contributed by atoms with Gasteiger partial charge in [-0.15, -0.1) is 0 Å². The van der Waals surface area contributed by atoms with Crippen LogP contribution in [0, 0.1) is 13.8 Å². The average molecular weight is 222 g/mol. The highest BCUT2D eigenvalue weighted by Crippen LogP contribution is 2.26. The van der Waals surface area contributed by atoms with Gasteiger partial charge in [-0.3, -0.25) is 9.78 Å². The molecule has 1 heterocycles. The second-order valence-electron chi connectivity index (χ2n) is 3.77. The molecular weight excluding hydrogens is 210 g/mol. The highest BCUT2D eigenvalue weighted by atomic mass is 35.5. The Kier molecular flexibility index (Phi) is 2.61. The molecule has 0 fully saturated rings. The molecule has 0 radical (unpaired) electrons. The first kappa shape index (κ1) is 10.4. The van der Waals surface area contributed by atoms with E-state index in [1.54, 1.807) is 0 Å². The van der Waals surface area contributed by atoms with Gasteiger partial charge in [-0.2, -0.15) is 0 Å². The van der Waals surface area contributed by atoms with E-state index >= 15 is 0 Å². The monoisotopic (exact) mass is 221 g/mol. The maximum atomic E-state index is 11.4. The van der Waals surface area contributed by atoms with Crippen LogP contribution >= 0.6 is 11.6 Å². The van der Waals surface area contributed by atoms with Crippen LogP contribution in [0.2, 0.25) is 0 Å². The Bertz CT molecular complexity index is 463. The van der Waals surface area contributed by atoms with E-state index in [9.17, 15) is 4.79 Å². The molecule has 0 N–H and O–H groups in total. The molecule has 0 aliphatic heterocycles. The first-order valence-electron chi connectivity index (χ1n) is 4.97. The highest BCUT2D eigenvalue weighted by Gasteiger charge is 2.19. The number of allylic oxidation sites excluding steroid dienone is 1. The number of nitrogens with zero attached hydrogens (tertiary/aromatic N) is 1. The molecular formula is C12H12ClNO. The number of aromatic nitrogens is 1. The predicted molar refractivity (Wildman–Crippen MR) is 61.2 cm³/mol. The minimum Gasteiger partial charge on any atom is -0.276 e. The molecule has 2 nitrogen and oxygen atoms in total. The zero-order valence-electron chi connectivity index (χ0n) is 8.80. The van der Waals surface area contributed by atoms with Crippen LogP contribution in [-0.2, 0) is 6.42 Å². The van der Waals surface area contributed by atoms with Gasteiger partial charge >= 0.3 is 0 Å². The van der Waals surface area contributed by atoms with E-state index < -0.39 is 0 Å². The average Bonchev–Trinajstić information content (AvgIpc) is 2.19. The van der Waals surface area contributed by atoms with E-state index in [0.717, 1.165) is 35.4 Å². The van der Waals surface area contributed by atoms with Gasteiger partial charge < -0.3 is 0 Å². The summed E-state index contributed by atoms with van der Waals surface area (Å²) in [6.07, 6.45) is 5.89. The number of halogens is 1. The van der Waals surface area contributed by atoms with Crippen LogP contribution in [-0.4, -0.2) is 10.2 Å². The highest BCUT2D eigenvalue weighted by molar-refractivity contribution is 6.68. The van der Waals surface area contributed by atoms with Gasteiger partial charge in [-0.1, -0.05) is 12.2 Å². The third-order valence-electron chi connectivity index (χ3n) is 2.83. The molecule has 1 aromatic heterocycles. The number of rotatable bonds is 1. The van der Waals surface area contributed by atoms with E-state index in [4.69, 9.17) is 11.6 Å². The predicted octanol–water partition coefficient (Wildman–Crippen LogP) is 3.04. The lowest BCUT2D eigenvalue weighted by Gasteiger charge is -2.16. The lowest BCUT2D eigenvalue weighted by atomic mass is 9.94. The fourth-order valence-corrected chi connectivity index (χ4v) is 2.16. The number of carbonyl (C=O) groups excluding carboxylic acids is 1. The second-order valence-corrected chi connectivity index (χ2v) is 4.12. The van der Waals surface area contributed by atoms with Crippen molar-refractivity contribution >= 4 is 22.9 Å². The van der Waals surface area contributed by atoms with Crippen molar-refractivity contribution in [2.24, 2.45) is 0 Å². The Labute approximate surface area is 94.0 Å². The first-order valence-corrected chi connectivity index (χ1v) is 5.35. The number of hydrogen-bond donors (Lipinski definition) is 0. The van der Waals surface area contributed by atoms with Crippen molar-refractivity contribution in [1.29, 1.82) is 0 Å². The molecule has 78 valence electrons. The van der Waals surface area contributed by atoms with Crippen molar-refractivity contribution in [2.75, 3.05) is 0 Å². The smallest absolute Gasteiger partial charge is 0.253 e. The van der Waals surface area contributed by atoms with Crippen LogP contribution in [0.15, 0.2) is 6.08 Å². The van der Waals surface area contributed by atoms with Crippen LogP contribution in [0.3, 0.4) is 0 Å². The zero-order chi connectivity index (χ0) is 11.0. The summed E-state index contributed by atoms with van der Waals surface area (Å²) in [5.74, 6) is 0. The van der Waals surface area contributed by atoms with Crippen molar-refractivity contribution < 1.29 is 4.79 Å². The molecule has 2 rings (SSSR count). The molecule has 0 bridgehead atoms. The Hall–Kier alpha value is -1.15. The summed E-state index contributed by atoms with van der Waals surface area (Å²) in [6.45, 7) is 3.80. The molecule has 3 heteroatoms. The third-order valence-corrected chi connectivity index (χ3v) is 3.02. The molecule has 0 saturated heterocycles. The van der Waals surface area contributed by atoms with Gasteiger partial charge in [0.2, 0.25) is 0 Å². The number of pyridine rings is 1. The maximum absolute atomic E-state index is 11.4. The molecule has 0 amide bonds. The molecule has 1 aliphatic rings. The van der Waals surface area contributed by atoms with Gasteiger partial charge in [0.15, 0.2) is 0 Å². The Balaban J connectivity index is 2.76. The van der Waals surface area contributed by atoms with E-state index in [1.807, 2.05) is 19.9 Å². The van der Waals surface area contributed by atoms with Gasteiger partial charge in [-0.05, 0) is 43.9 Å². The van der Waals surface area contributed by atoms with Gasteiger partial charge in [0.1, 0.15) is 0 Å². The quantitative estimate of drug-likeness (QED) is 0.683. The van der Waals surface area contributed by atoms with Gasteiger partial charge in [-0.25, -0.2) is 0 Å². The molecule has 0 saturated carbocycles. The van der Waals surface area contributed by atoms with Crippen LogP contribution in [0.5, 0.6) is 0 Å². The standard InChI is InChI=1S/C12H12ClNO/c1-7-8(2)14-10-6-4-3-5-9(10)11(7)12(13)15/h3,5H,4,6H2,1-2H3. The van der Waals surface area contributed by atoms with E-state index in [-0.39, 0.29) is 5.24 Å². The van der Waals surface area contributed by atoms with Crippen LogP contribution in [0.1, 0.15) is 39.3 Å². The SMILES string of the molecule is Cc1nc2c(c(C(=O)Cl)c1C)C=CCC2. The summed E-state index contributed by atoms with van der Waals surface area (Å²) in [7, 11) is 0. The largest absolute Gasteiger partial charge is 0.276 e. The number of aryl methyl sites for hydroxylation is 2. The third kappa shape index (κ3) is 1.70. The Morgan fingerprint density at radius 1 is 1.47 bits per heavy atom. The van der Waals surface area contributed by atoms with Crippen molar-refractivity contribution in [1.82, 2.24) is 4.98 Å². The molecule has 0 aromatic carbocycles. The van der Waals surface area contributed by atoms with Gasteiger partial charge in [0, 0.05) is 22.5 Å².